The maximum absolute atomic E-state index is 10.9. The number of hydrogen-bond acceptors (Lipinski definition) is 5. The minimum absolute atomic E-state index is 0.414. The van der Waals surface area contributed by atoms with Gasteiger partial charge in [0.1, 0.15) is 0 Å². The Bertz CT molecular complexity index is 548. The van der Waals surface area contributed by atoms with Gasteiger partial charge in [-0.25, -0.2) is 4.79 Å². The van der Waals surface area contributed by atoms with Gasteiger partial charge >= 0.3 is 5.97 Å². The van der Waals surface area contributed by atoms with Crippen molar-refractivity contribution in [2.45, 2.75) is 33.1 Å². The van der Waals surface area contributed by atoms with Gasteiger partial charge in [0, 0.05) is 12.5 Å². The third kappa shape index (κ3) is 3.37. The van der Waals surface area contributed by atoms with Crippen LogP contribution in [0.15, 0.2) is 24.3 Å². The second-order valence-corrected chi connectivity index (χ2v) is 4.26. The quantitative estimate of drug-likeness (QED) is 0.765. The summed E-state index contributed by atoms with van der Waals surface area (Å²) in [5, 5.41) is 11.0. The van der Waals surface area contributed by atoms with E-state index in [-0.39, 0.29) is 0 Å². The maximum Gasteiger partial charge on any atom is 0.332 e. The van der Waals surface area contributed by atoms with Crippen molar-refractivity contribution in [2.24, 2.45) is 0 Å². The van der Waals surface area contributed by atoms with E-state index in [1.54, 1.807) is 0 Å². The predicted octanol–water partition coefficient (Wildman–Crippen LogP) is 1.66. The average molecular weight is 260 g/mol. The highest BCUT2D eigenvalue weighted by atomic mass is 16.7. The molecule has 1 heterocycles. The molecular weight excluding hydrogens is 244 g/mol. The molecule has 6 nitrogen and oxygen atoms in total. The first-order valence-electron chi connectivity index (χ1n) is 6.27. The first-order chi connectivity index (χ1) is 9.20. The number of benzene rings is 1. The van der Waals surface area contributed by atoms with Crippen molar-refractivity contribution in [1.29, 1.82) is 0 Å². The summed E-state index contributed by atoms with van der Waals surface area (Å²) in [7, 11) is 0. The Morgan fingerprint density at radius 3 is 2.68 bits per heavy atom. The lowest BCUT2D eigenvalue weighted by Crippen LogP contribution is -2.19. The number of aromatic nitrogens is 4. The van der Waals surface area contributed by atoms with E-state index in [0.29, 0.717) is 5.82 Å². The fourth-order valence-corrected chi connectivity index (χ4v) is 1.73. The molecule has 0 N–H and O–H groups in total. The zero-order valence-electron chi connectivity index (χ0n) is 11.0. The van der Waals surface area contributed by atoms with Gasteiger partial charge in [0.15, 0.2) is 0 Å². The number of unbranched alkanes of at least 4 members (excludes halogenated alkanes) is 1. The summed E-state index contributed by atoms with van der Waals surface area (Å²) in [6.07, 6.45) is 3.41. The Kier molecular flexibility index (Phi) is 4.22. The molecule has 0 spiro atoms. The van der Waals surface area contributed by atoms with Gasteiger partial charge in [0.25, 0.3) is 0 Å². The number of rotatable bonds is 5. The summed E-state index contributed by atoms with van der Waals surface area (Å²) in [4.78, 5) is 16.8. The zero-order valence-corrected chi connectivity index (χ0v) is 11.0. The van der Waals surface area contributed by atoms with E-state index in [0.717, 1.165) is 16.8 Å². The highest BCUT2D eigenvalue weighted by Crippen LogP contribution is 2.16. The minimum atomic E-state index is -0.465. The first kappa shape index (κ1) is 13.2. The smallest absolute Gasteiger partial charge is 0.316 e. The summed E-state index contributed by atoms with van der Waals surface area (Å²) in [6.45, 7) is 3.47. The van der Waals surface area contributed by atoms with Crippen LogP contribution in [0.25, 0.3) is 11.4 Å². The van der Waals surface area contributed by atoms with Gasteiger partial charge in [-0.1, -0.05) is 37.6 Å². The Morgan fingerprint density at radius 1 is 1.32 bits per heavy atom. The van der Waals surface area contributed by atoms with Crippen molar-refractivity contribution in [2.75, 3.05) is 0 Å². The molecule has 1 aromatic heterocycles. The normalized spacial score (nSPS) is 10.4. The summed E-state index contributed by atoms with van der Waals surface area (Å²) < 4.78 is 0. The maximum atomic E-state index is 10.9. The van der Waals surface area contributed by atoms with Crippen LogP contribution in [0.1, 0.15) is 32.3 Å². The molecule has 0 aliphatic carbocycles. The van der Waals surface area contributed by atoms with E-state index in [2.05, 4.69) is 22.4 Å². The second-order valence-electron chi connectivity index (χ2n) is 4.26. The molecule has 0 saturated carbocycles. The Labute approximate surface area is 111 Å². The molecule has 0 atom stereocenters. The molecule has 0 unspecified atom stereocenters. The molecular formula is C13H16N4O2. The van der Waals surface area contributed by atoms with Crippen LogP contribution in [-0.2, 0) is 11.2 Å². The lowest BCUT2D eigenvalue weighted by molar-refractivity contribution is -0.143. The van der Waals surface area contributed by atoms with Crippen LogP contribution in [0.5, 0.6) is 0 Å². The molecule has 6 heteroatoms. The van der Waals surface area contributed by atoms with E-state index in [4.69, 9.17) is 4.84 Å². The molecule has 19 heavy (non-hydrogen) atoms. The van der Waals surface area contributed by atoms with Gasteiger partial charge in [-0.05, 0) is 33.7 Å². The highest BCUT2D eigenvalue weighted by Gasteiger charge is 2.11. The average Bonchev–Trinajstić information content (AvgIpc) is 2.84. The Hall–Kier alpha value is -2.24. The van der Waals surface area contributed by atoms with Crippen LogP contribution in [-0.4, -0.2) is 26.3 Å². The molecule has 0 fully saturated rings. The first-order valence-corrected chi connectivity index (χ1v) is 6.27. The lowest BCUT2D eigenvalue weighted by Gasteiger charge is -2.04. The van der Waals surface area contributed by atoms with Gasteiger partial charge in [0.05, 0.1) is 0 Å². The van der Waals surface area contributed by atoms with Gasteiger partial charge in [-0.3, -0.25) is 0 Å². The Morgan fingerprint density at radius 2 is 2.05 bits per heavy atom. The van der Waals surface area contributed by atoms with Crippen LogP contribution in [0.4, 0.5) is 0 Å². The molecule has 0 bridgehead atoms. The fourth-order valence-electron chi connectivity index (χ4n) is 1.73. The van der Waals surface area contributed by atoms with Crippen LogP contribution in [0.2, 0.25) is 0 Å². The fraction of sp³-hybridized carbons (Fsp3) is 0.385. The largest absolute Gasteiger partial charge is 0.332 e. The third-order valence-electron chi connectivity index (χ3n) is 2.69. The SMILES string of the molecule is CCCCc1ccc(-c2nnnn2OC(C)=O)cc1. The molecule has 0 aliphatic heterocycles. The number of nitrogens with zero attached hydrogens (tertiary/aromatic N) is 4. The van der Waals surface area contributed by atoms with Crippen molar-refractivity contribution >= 4 is 5.97 Å². The number of hydrogen-bond donors (Lipinski definition) is 0. The van der Waals surface area contributed by atoms with Gasteiger partial charge in [0.2, 0.25) is 5.82 Å². The third-order valence-corrected chi connectivity index (χ3v) is 2.69. The molecule has 2 rings (SSSR count). The number of carbonyl (C=O) groups excluding carboxylic acids is 1. The van der Waals surface area contributed by atoms with Crippen LogP contribution < -0.4 is 4.84 Å². The predicted molar refractivity (Wildman–Crippen MR) is 69.1 cm³/mol. The summed E-state index contributed by atoms with van der Waals surface area (Å²) in [5.74, 6) is -0.0506. The second kappa shape index (κ2) is 6.08. The van der Waals surface area contributed by atoms with Crippen molar-refractivity contribution in [3.05, 3.63) is 29.8 Å². The number of tetrazole rings is 1. The van der Waals surface area contributed by atoms with Crippen molar-refractivity contribution in [1.82, 2.24) is 20.4 Å². The monoisotopic (exact) mass is 260 g/mol. The van der Waals surface area contributed by atoms with E-state index in [1.807, 2.05) is 24.3 Å². The molecule has 0 aliphatic rings. The number of aryl methyl sites for hydroxylation is 1. The number of carbonyl (C=O) groups is 1. The van der Waals surface area contributed by atoms with Gasteiger partial charge in [-0.15, -0.1) is 5.10 Å². The minimum Gasteiger partial charge on any atom is -0.316 e. The summed E-state index contributed by atoms with van der Waals surface area (Å²) in [5.41, 5.74) is 2.09. The molecule has 100 valence electrons. The Balaban J connectivity index is 2.18. The van der Waals surface area contributed by atoms with Crippen molar-refractivity contribution in [3.8, 4) is 11.4 Å². The summed E-state index contributed by atoms with van der Waals surface area (Å²) >= 11 is 0. The highest BCUT2D eigenvalue weighted by molar-refractivity contribution is 5.66. The molecule has 1 aromatic carbocycles. The molecule has 0 saturated heterocycles. The molecule has 2 aromatic rings. The standard InChI is InChI=1S/C13H16N4O2/c1-3-4-5-11-6-8-12(9-7-11)13-14-15-16-17(13)19-10(2)18/h6-9H,3-5H2,1-2H3. The van der Waals surface area contributed by atoms with E-state index in [9.17, 15) is 4.79 Å². The van der Waals surface area contributed by atoms with Crippen LogP contribution >= 0.6 is 0 Å². The molecule has 0 amide bonds. The summed E-state index contributed by atoms with van der Waals surface area (Å²) in [6, 6.07) is 7.93. The van der Waals surface area contributed by atoms with E-state index >= 15 is 0 Å². The van der Waals surface area contributed by atoms with Crippen molar-refractivity contribution in [3.63, 3.8) is 0 Å². The van der Waals surface area contributed by atoms with Gasteiger partial charge < -0.3 is 4.84 Å². The lowest BCUT2D eigenvalue weighted by atomic mass is 10.1. The van der Waals surface area contributed by atoms with Crippen molar-refractivity contribution < 1.29 is 9.63 Å². The molecule has 0 radical (unpaired) electrons. The van der Waals surface area contributed by atoms with E-state index < -0.39 is 5.97 Å². The van der Waals surface area contributed by atoms with Crippen LogP contribution in [0, 0.1) is 0 Å². The van der Waals surface area contributed by atoms with Gasteiger partial charge in [-0.2, -0.15) is 0 Å². The van der Waals surface area contributed by atoms with E-state index in [1.165, 1.54) is 25.3 Å². The topological polar surface area (TPSA) is 69.9 Å². The zero-order chi connectivity index (χ0) is 13.7. The van der Waals surface area contributed by atoms with Crippen LogP contribution in [0.3, 0.4) is 0 Å².